The topological polar surface area (TPSA) is 56.0 Å². The van der Waals surface area contributed by atoms with E-state index in [-0.39, 0.29) is 11.8 Å². The summed E-state index contributed by atoms with van der Waals surface area (Å²) in [5.74, 6) is 1.25. The number of carbonyl (C=O) groups excluding carboxylic acids is 1. The molecule has 7 heteroatoms. The molecule has 5 rings (SSSR count). The van der Waals surface area contributed by atoms with Crippen molar-refractivity contribution >= 4 is 28.4 Å². The molecule has 0 spiro atoms. The summed E-state index contributed by atoms with van der Waals surface area (Å²) in [7, 11) is 0. The monoisotopic (exact) mass is 355 g/mol. The second-order valence-electron chi connectivity index (χ2n) is 6.89. The van der Waals surface area contributed by atoms with Crippen LogP contribution in [0.1, 0.15) is 17.9 Å². The van der Waals surface area contributed by atoms with Gasteiger partial charge in [-0.25, -0.2) is 0 Å². The lowest BCUT2D eigenvalue weighted by molar-refractivity contribution is -0.138. The third-order valence-electron chi connectivity index (χ3n) is 5.39. The fourth-order valence-electron chi connectivity index (χ4n) is 4.08. The van der Waals surface area contributed by atoms with E-state index in [1.807, 2.05) is 27.7 Å². The molecule has 0 radical (unpaired) electrons. The molecule has 4 heterocycles. The zero-order chi connectivity index (χ0) is 17.0. The highest BCUT2D eigenvalue weighted by molar-refractivity contribution is 6.31. The van der Waals surface area contributed by atoms with Crippen molar-refractivity contribution in [3.05, 3.63) is 47.1 Å². The number of aryl methyl sites for hydroxylation is 1. The highest BCUT2D eigenvalue weighted by Gasteiger charge is 2.31. The highest BCUT2D eigenvalue weighted by Crippen LogP contribution is 2.28. The maximum atomic E-state index is 13.0. The van der Waals surface area contributed by atoms with Crippen LogP contribution in [-0.2, 0) is 30.8 Å². The van der Waals surface area contributed by atoms with Gasteiger partial charge in [0.05, 0.1) is 12.5 Å². The van der Waals surface area contributed by atoms with E-state index in [0.717, 1.165) is 42.3 Å². The quantitative estimate of drug-likeness (QED) is 0.674. The lowest BCUT2D eigenvalue weighted by Crippen LogP contribution is -2.43. The summed E-state index contributed by atoms with van der Waals surface area (Å²) in [6.45, 7) is 2.91. The van der Waals surface area contributed by atoms with Crippen LogP contribution in [0, 0.1) is 5.92 Å². The van der Waals surface area contributed by atoms with Crippen molar-refractivity contribution in [1.29, 1.82) is 0 Å². The summed E-state index contributed by atoms with van der Waals surface area (Å²) in [5, 5.41) is 9.97. The zero-order valence-electron chi connectivity index (χ0n) is 13.7. The van der Waals surface area contributed by atoms with Crippen LogP contribution in [0.5, 0.6) is 0 Å². The van der Waals surface area contributed by atoms with Gasteiger partial charge in [0.15, 0.2) is 0 Å². The van der Waals surface area contributed by atoms with Crippen LogP contribution in [0.3, 0.4) is 0 Å². The van der Waals surface area contributed by atoms with Gasteiger partial charge in [0.1, 0.15) is 12.2 Å². The molecule has 6 nitrogen and oxygen atoms in total. The zero-order valence-corrected chi connectivity index (χ0v) is 14.5. The fourth-order valence-corrected chi connectivity index (χ4v) is 4.25. The maximum Gasteiger partial charge on any atom is 0.227 e. The number of hydrogen-bond donors (Lipinski definition) is 0. The van der Waals surface area contributed by atoms with Crippen molar-refractivity contribution in [2.75, 3.05) is 6.54 Å². The Morgan fingerprint density at radius 3 is 3.08 bits per heavy atom. The number of hydrogen-bond acceptors (Lipinski definition) is 3. The molecule has 0 aliphatic carbocycles. The molecule has 0 bridgehead atoms. The van der Waals surface area contributed by atoms with E-state index in [2.05, 4.69) is 20.8 Å². The third-order valence-corrected chi connectivity index (χ3v) is 5.62. The van der Waals surface area contributed by atoms with Gasteiger partial charge in [0.2, 0.25) is 5.91 Å². The maximum absolute atomic E-state index is 13.0. The Morgan fingerprint density at radius 1 is 1.24 bits per heavy atom. The molecule has 1 amide bonds. The van der Waals surface area contributed by atoms with E-state index < -0.39 is 0 Å². The molecule has 1 atom stereocenters. The minimum Gasteiger partial charge on any atom is -0.341 e. The normalized spacial score (nSPS) is 19.7. The molecular formula is C18H18ClN5O. The summed E-state index contributed by atoms with van der Waals surface area (Å²) in [4.78, 5) is 15.0. The number of amides is 1. The highest BCUT2D eigenvalue weighted by atomic mass is 35.5. The standard InChI is InChI=1S/C18H18ClN5O/c19-14-3-1-12-7-15-10-22(5-6-24(15)16(12)8-14)18(25)13-2-4-17-21-20-11-23(17)9-13/h1,3,7-8,11,13H,2,4-6,9-10H2. The van der Waals surface area contributed by atoms with Gasteiger partial charge in [-0.2, -0.15) is 0 Å². The van der Waals surface area contributed by atoms with Crippen molar-refractivity contribution in [2.45, 2.75) is 32.5 Å². The predicted molar refractivity (Wildman–Crippen MR) is 94.2 cm³/mol. The first-order valence-corrected chi connectivity index (χ1v) is 9.00. The van der Waals surface area contributed by atoms with Crippen LogP contribution < -0.4 is 0 Å². The van der Waals surface area contributed by atoms with Crippen molar-refractivity contribution in [3.63, 3.8) is 0 Å². The summed E-state index contributed by atoms with van der Waals surface area (Å²) < 4.78 is 4.29. The van der Waals surface area contributed by atoms with Gasteiger partial charge >= 0.3 is 0 Å². The van der Waals surface area contributed by atoms with Crippen LogP contribution in [0.2, 0.25) is 5.02 Å². The van der Waals surface area contributed by atoms with Gasteiger partial charge in [-0.15, -0.1) is 10.2 Å². The molecule has 1 aromatic carbocycles. The predicted octanol–water partition coefficient (Wildman–Crippen LogP) is 2.49. The van der Waals surface area contributed by atoms with Crippen LogP contribution in [0.25, 0.3) is 10.9 Å². The average Bonchev–Trinajstić information content (AvgIpc) is 3.23. The van der Waals surface area contributed by atoms with E-state index in [9.17, 15) is 4.79 Å². The van der Waals surface area contributed by atoms with Gasteiger partial charge in [0.25, 0.3) is 0 Å². The first-order chi connectivity index (χ1) is 12.2. The molecule has 3 aromatic rings. The number of halogens is 1. The molecule has 1 unspecified atom stereocenters. The summed E-state index contributed by atoms with van der Waals surface area (Å²) in [5.41, 5.74) is 2.33. The van der Waals surface area contributed by atoms with E-state index in [1.165, 1.54) is 11.1 Å². The van der Waals surface area contributed by atoms with Gasteiger partial charge in [-0.1, -0.05) is 17.7 Å². The first-order valence-electron chi connectivity index (χ1n) is 8.62. The number of benzene rings is 1. The third kappa shape index (κ3) is 2.43. The van der Waals surface area contributed by atoms with E-state index in [4.69, 9.17) is 11.6 Å². The van der Waals surface area contributed by atoms with E-state index in [0.29, 0.717) is 13.1 Å². The Morgan fingerprint density at radius 2 is 2.16 bits per heavy atom. The Bertz CT molecular complexity index is 975. The number of rotatable bonds is 1. The Balaban J connectivity index is 1.38. The Hall–Kier alpha value is -2.34. The molecule has 0 N–H and O–H groups in total. The minimum absolute atomic E-state index is 0.0221. The van der Waals surface area contributed by atoms with Crippen LogP contribution >= 0.6 is 11.6 Å². The first kappa shape index (κ1) is 15.0. The molecule has 2 aromatic heterocycles. The lowest BCUT2D eigenvalue weighted by atomic mass is 9.97. The average molecular weight is 356 g/mol. The van der Waals surface area contributed by atoms with E-state index >= 15 is 0 Å². The number of fused-ring (bicyclic) bond motifs is 4. The van der Waals surface area contributed by atoms with Crippen LogP contribution in [0.15, 0.2) is 30.6 Å². The summed E-state index contributed by atoms with van der Waals surface area (Å²) >= 11 is 6.14. The van der Waals surface area contributed by atoms with Crippen LogP contribution in [-0.4, -0.2) is 36.7 Å². The largest absolute Gasteiger partial charge is 0.341 e. The number of carbonyl (C=O) groups is 1. The van der Waals surface area contributed by atoms with Crippen molar-refractivity contribution in [3.8, 4) is 0 Å². The molecule has 128 valence electrons. The molecule has 0 saturated carbocycles. The number of aromatic nitrogens is 4. The summed E-state index contributed by atoms with van der Waals surface area (Å²) in [6.07, 6.45) is 3.40. The molecule has 25 heavy (non-hydrogen) atoms. The van der Waals surface area contributed by atoms with Gasteiger partial charge in [-0.05, 0) is 24.6 Å². The molecule has 2 aliphatic rings. The Kier molecular flexibility index (Phi) is 3.35. The van der Waals surface area contributed by atoms with Crippen LogP contribution in [0.4, 0.5) is 0 Å². The lowest BCUT2D eigenvalue weighted by Gasteiger charge is -2.33. The van der Waals surface area contributed by atoms with Crippen molar-refractivity contribution < 1.29 is 4.79 Å². The van der Waals surface area contributed by atoms with Gasteiger partial charge in [0, 0.05) is 47.7 Å². The molecule has 0 fully saturated rings. The summed E-state index contributed by atoms with van der Waals surface area (Å²) in [6, 6.07) is 8.14. The minimum atomic E-state index is 0.0221. The molecule has 0 saturated heterocycles. The smallest absolute Gasteiger partial charge is 0.227 e. The molecule has 2 aliphatic heterocycles. The SMILES string of the molecule is O=C(C1CCc2nncn2C1)N1CCn2c(cc3ccc(Cl)cc32)C1. The fraction of sp³-hybridized carbons (Fsp3) is 0.389. The molecular weight excluding hydrogens is 338 g/mol. The Labute approximate surface area is 150 Å². The number of nitrogens with zero attached hydrogens (tertiary/aromatic N) is 5. The van der Waals surface area contributed by atoms with Gasteiger partial charge < -0.3 is 14.0 Å². The second-order valence-corrected chi connectivity index (χ2v) is 7.32. The van der Waals surface area contributed by atoms with Gasteiger partial charge in [-0.3, -0.25) is 4.79 Å². The van der Waals surface area contributed by atoms with Crippen molar-refractivity contribution in [2.24, 2.45) is 5.92 Å². The second kappa shape index (κ2) is 5.59. The van der Waals surface area contributed by atoms with E-state index in [1.54, 1.807) is 6.33 Å². The van der Waals surface area contributed by atoms with Crippen molar-refractivity contribution in [1.82, 2.24) is 24.2 Å².